The van der Waals surface area contributed by atoms with E-state index >= 15 is 0 Å². The topological polar surface area (TPSA) is 6.48 Å². The highest BCUT2D eigenvalue weighted by Crippen LogP contribution is 2.50. The number of benzene rings is 7. The molecule has 0 aromatic heterocycles. The van der Waals surface area contributed by atoms with Crippen molar-refractivity contribution in [3.05, 3.63) is 145 Å². The second-order valence-electron chi connectivity index (χ2n) is 16.2. The molecular formula is C51H48N2. The highest BCUT2D eigenvalue weighted by molar-refractivity contribution is 6.22. The molecule has 7 aromatic rings. The van der Waals surface area contributed by atoms with Crippen LogP contribution < -0.4 is 9.80 Å². The minimum Gasteiger partial charge on any atom is -0.372 e. The molecule has 1 aliphatic carbocycles. The Balaban J connectivity index is 1.16. The van der Waals surface area contributed by atoms with E-state index in [1.165, 1.54) is 127 Å². The predicted octanol–water partition coefficient (Wildman–Crippen LogP) is 13.3. The summed E-state index contributed by atoms with van der Waals surface area (Å²) in [6, 6.07) is 51.3. The number of hydrogen-bond acceptors (Lipinski definition) is 2. The van der Waals surface area contributed by atoms with Gasteiger partial charge in [-0.15, -0.1) is 0 Å². The zero-order valence-electron chi connectivity index (χ0n) is 31.2. The van der Waals surface area contributed by atoms with Gasteiger partial charge in [0.25, 0.3) is 0 Å². The Morgan fingerprint density at radius 3 is 1.47 bits per heavy atom. The van der Waals surface area contributed by atoms with Crippen LogP contribution in [0.5, 0.6) is 0 Å². The summed E-state index contributed by atoms with van der Waals surface area (Å²) in [6.45, 7) is 9.26. The summed E-state index contributed by atoms with van der Waals surface area (Å²) in [4.78, 5) is 5.21. The smallest absolute Gasteiger partial charge is 0.0372 e. The molecule has 2 saturated heterocycles. The minimum absolute atomic E-state index is 0.0171. The van der Waals surface area contributed by atoms with E-state index in [2.05, 4.69) is 157 Å². The van der Waals surface area contributed by atoms with Crippen molar-refractivity contribution in [3.8, 4) is 44.5 Å². The Labute approximate surface area is 314 Å². The van der Waals surface area contributed by atoms with Crippen LogP contribution in [0.25, 0.3) is 66.1 Å². The maximum atomic E-state index is 2.61. The molecule has 2 heterocycles. The van der Waals surface area contributed by atoms with E-state index in [0.29, 0.717) is 0 Å². The average molecular weight is 689 g/mol. The highest BCUT2D eigenvalue weighted by Gasteiger charge is 2.35. The van der Waals surface area contributed by atoms with E-state index in [0.717, 1.165) is 26.2 Å². The SMILES string of the molecule is CC1(C)c2ccccc2-c2cc(-c3ccc(-c4c5ccc(N6CCCCC6)cc5c(-c5ccccc5)c5ccc(N6CCCCC6)cc45)cc3)ccc21. The van der Waals surface area contributed by atoms with Gasteiger partial charge in [0.2, 0.25) is 0 Å². The largest absolute Gasteiger partial charge is 0.372 e. The van der Waals surface area contributed by atoms with Gasteiger partial charge < -0.3 is 9.80 Å². The molecule has 262 valence electrons. The molecule has 0 atom stereocenters. The number of anilines is 2. The lowest BCUT2D eigenvalue weighted by Crippen LogP contribution is -2.29. The summed E-state index contributed by atoms with van der Waals surface area (Å²) < 4.78 is 0. The van der Waals surface area contributed by atoms with Crippen LogP contribution >= 0.6 is 0 Å². The van der Waals surface area contributed by atoms with Crippen LogP contribution in [-0.2, 0) is 5.41 Å². The molecule has 2 heteroatoms. The minimum atomic E-state index is 0.0171. The zero-order valence-corrected chi connectivity index (χ0v) is 31.2. The number of hydrogen-bond donors (Lipinski definition) is 0. The second kappa shape index (κ2) is 13.0. The Bertz CT molecular complexity index is 2480. The maximum absolute atomic E-state index is 2.61. The van der Waals surface area contributed by atoms with Crippen LogP contribution in [0, 0.1) is 0 Å². The van der Waals surface area contributed by atoms with E-state index in [1.807, 2.05) is 0 Å². The van der Waals surface area contributed by atoms with Gasteiger partial charge in [0, 0.05) is 43.0 Å². The summed E-state index contributed by atoms with van der Waals surface area (Å²) in [5.74, 6) is 0. The number of nitrogens with zero attached hydrogens (tertiary/aromatic N) is 2. The van der Waals surface area contributed by atoms with Gasteiger partial charge in [0.05, 0.1) is 0 Å². The molecular weight excluding hydrogens is 641 g/mol. The van der Waals surface area contributed by atoms with Crippen LogP contribution in [0.1, 0.15) is 63.5 Å². The van der Waals surface area contributed by atoms with Crippen molar-refractivity contribution in [1.82, 2.24) is 0 Å². The summed E-state index contributed by atoms with van der Waals surface area (Å²) in [5, 5.41) is 5.35. The van der Waals surface area contributed by atoms with E-state index < -0.39 is 0 Å². The lowest BCUT2D eigenvalue weighted by Gasteiger charge is -2.30. The predicted molar refractivity (Wildman–Crippen MR) is 227 cm³/mol. The molecule has 0 bridgehead atoms. The Kier molecular flexibility index (Phi) is 7.90. The number of rotatable bonds is 5. The van der Waals surface area contributed by atoms with Gasteiger partial charge in [-0.25, -0.2) is 0 Å². The van der Waals surface area contributed by atoms with Crippen molar-refractivity contribution in [3.63, 3.8) is 0 Å². The van der Waals surface area contributed by atoms with Gasteiger partial charge in [0.1, 0.15) is 0 Å². The highest BCUT2D eigenvalue weighted by atomic mass is 15.1. The molecule has 2 fully saturated rings. The number of piperidine rings is 2. The average Bonchev–Trinajstić information content (AvgIpc) is 3.46. The second-order valence-corrected chi connectivity index (χ2v) is 16.2. The summed E-state index contributed by atoms with van der Waals surface area (Å²) in [5.41, 5.74) is 16.1. The van der Waals surface area contributed by atoms with E-state index in [1.54, 1.807) is 0 Å². The molecule has 0 unspecified atom stereocenters. The monoisotopic (exact) mass is 688 g/mol. The fraction of sp³-hybridized carbons (Fsp3) is 0.255. The van der Waals surface area contributed by atoms with Gasteiger partial charge >= 0.3 is 0 Å². The van der Waals surface area contributed by atoms with Crippen molar-refractivity contribution in [2.45, 2.75) is 57.8 Å². The summed E-state index contributed by atoms with van der Waals surface area (Å²) in [7, 11) is 0. The molecule has 53 heavy (non-hydrogen) atoms. The molecule has 0 radical (unpaired) electrons. The van der Waals surface area contributed by atoms with E-state index in [-0.39, 0.29) is 5.41 Å². The van der Waals surface area contributed by atoms with Gasteiger partial charge in [-0.2, -0.15) is 0 Å². The van der Waals surface area contributed by atoms with Gasteiger partial charge in [-0.05, 0) is 146 Å². The molecule has 7 aromatic carbocycles. The molecule has 0 saturated carbocycles. The normalized spacial score (nSPS) is 16.6. The first-order valence-electron chi connectivity index (χ1n) is 20.0. The van der Waals surface area contributed by atoms with Crippen LogP contribution in [0.15, 0.2) is 133 Å². The van der Waals surface area contributed by atoms with Gasteiger partial charge in [0.15, 0.2) is 0 Å². The third-order valence-corrected chi connectivity index (χ3v) is 12.7. The van der Waals surface area contributed by atoms with E-state index in [9.17, 15) is 0 Å². The Morgan fingerprint density at radius 2 is 0.868 bits per heavy atom. The first-order chi connectivity index (χ1) is 26.0. The fourth-order valence-corrected chi connectivity index (χ4v) is 9.86. The zero-order chi connectivity index (χ0) is 35.5. The summed E-state index contributed by atoms with van der Waals surface area (Å²) >= 11 is 0. The fourth-order valence-electron chi connectivity index (χ4n) is 9.86. The van der Waals surface area contributed by atoms with Crippen LogP contribution in [-0.4, -0.2) is 26.2 Å². The van der Waals surface area contributed by atoms with Crippen LogP contribution in [0.4, 0.5) is 11.4 Å². The summed E-state index contributed by atoms with van der Waals surface area (Å²) in [6.07, 6.45) is 7.74. The molecule has 2 aliphatic heterocycles. The Hall–Kier alpha value is -5.34. The van der Waals surface area contributed by atoms with E-state index in [4.69, 9.17) is 0 Å². The third-order valence-electron chi connectivity index (χ3n) is 12.7. The first-order valence-corrected chi connectivity index (χ1v) is 20.0. The Morgan fingerprint density at radius 1 is 0.377 bits per heavy atom. The maximum Gasteiger partial charge on any atom is 0.0372 e. The molecule has 3 aliphatic rings. The first kappa shape index (κ1) is 32.3. The van der Waals surface area contributed by atoms with Crippen molar-refractivity contribution in [2.24, 2.45) is 0 Å². The lowest BCUT2D eigenvalue weighted by molar-refractivity contribution is 0.578. The third kappa shape index (κ3) is 5.45. The molecule has 10 rings (SSSR count). The van der Waals surface area contributed by atoms with Crippen molar-refractivity contribution >= 4 is 32.9 Å². The molecule has 2 nitrogen and oxygen atoms in total. The van der Waals surface area contributed by atoms with Crippen molar-refractivity contribution in [1.29, 1.82) is 0 Å². The molecule has 0 N–H and O–H groups in total. The standard InChI is InChI=1S/C51H48N2/c1-51(2)47-17-9-8-16-41(47)44-32-38(22-27-48(44)51)35-18-20-37(21-19-35)50-43-26-24-39(52-28-10-4-11-29-52)33-45(43)49(36-14-6-3-7-15-36)42-25-23-40(34-46(42)50)53-30-12-5-13-31-53/h3,6-9,14-27,32-34H,4-5,10-13,28-31H2,1-2H3. The lowest BCUT2D eigenvalue weighted by atomic mass is 9.82. The van der Waals surface area contributed by atoms with Gasteiger partial charge in [-0.3, -0.25) is 0 Å². The molecule has 0 amide bonds. The number of fused-ring (bicyclic) bond motifs is 5. The quantitative estimate of drug-likeness (QED) is 0.166. The van der Waals surface area contributed by atoms with Crippen LogP contribution in [0.2, 0.25) is 0 Å². The molecule has 0 spiro atoms. The van der Waals surface area contributed by atoms with Crippen LogP contribution in [0.3, 0.4) is 0 Å². The van der Waals surface area contributed by atoms with Gasteiger partial charge in [-0.1, -0.05) is 117 Å². The van der Waals surface area contributed by atoms with Crippen molar-refractivity contribution in [2.75, 3.05) is 36.0 Å². The van der Waals surface area contributed by atoms with Crippen molar-refractivity contribution < 1.29 is 0 Å².